The molecule has 1 N–H and O–H groups in total. The van der Waals surface area contributed by atoms with Crippen LogP contribution in [0, 0.1) is 11.8 Å². The summed E-state index contributed by atoms with van der Waals surface area (Å²) in [6.07, 6.45) is 8.83. The Kier molecular flexibility index (Phi) is 8.26. The summed E-state index contributed by atoms with van der Waals surface area (Å²) in [5.74, 6) is 1.03. The second kappa shape index (κ2) is 10.7. The molecule has 0 radical (unpaired) electrons. The van der Waals surface area contributed by atoms with E-state index in [-0.39, 0.29) is 18.0 Å². The van der Waals surface area contributed by atoms with Gasteiger partial charge in [-0.25, -0.2) is 4.79 Å². The summed E-state index contributed by atoms with van der Waals surface area (Å²) in [5, 5.41) is 3.98. The van der Waals surface area contributed by atoms with Crippen molar-refractivity contribution in [3.8, 4) is 0 Å². The standard InChI is InChI=1S/C25H37ClN2O3/c1-25(2,3)31-24(30)28-15-13-18(14-16-28)17-22(19-7-5-4-6-8-19)27-23(29)20-9-11-21(26)12-10-20/h9-12,18-19,22H,4-8,13-17H2,1-3H3,(H,27,29). The number of rotatable bonds is 5. The third-order valence-electron chi connectivity index (χ3n) is 6.50. The van der Waals surface area contributed by atoms with Crippen LogP contribution >= 0.6 is 11.6 Å². The van der Waals surface area contributed by atoms with E-state index in [1.165, 1.54) is 32.1 Å². The number of piperidine rings is 1. The van der Waals surface area contributed by atoms with Gasteiger partial charge in [-0.2, -0.15) is 0 Å². The van der Waals surface area contributed by atoms with Gasteiger partial charge in [-0.3, -0.25) is 4.79 Å². The van der Waals surface area contributed by atoms with E-state index in [1.807, 2.05) is 25.7 Å². The van der Waals surface area contributed by atoms with Crippen LogP contribution in [-0.2, 0) is 4.74 Å². The van der Waals surface area contributed by atoms with Crippen LogP contribution in [0.1, 0.15) is 82.5 Å². The SMILES string of the molecule is CC(C)(C)OC(=O)N1CCC(CC(NC(=O)c2ccc(Cl)cc2)C2CCCCC2)CC1. The Morgan fingerprint density at radius 1 is 1.06 bits per heavy atom. The Balaban J connectivity index is 1.58. The molecule has 1 saturated heterocycles. The molecule has 1 unspecified atom stereocenters. The van der Waals surface area contributed by atoms with Crippen molar-refractivity contribution in [3.63, 3.8) is 0 Å². The van der Waals surface area contributed by atoms with Gasteiger partial charge in [0.05, 0.1) is 0 Å². The lowest BCUT2D eigenvalue weighted by atomic mass is 9.78. The van der Waals surface area contributed by atoms with E-state index in [0.717, 1.165) is 32.4 Å². The van der Waals surface area contributed by atoms with Gasteiger partial charge in [-0.1, -0.05) is 30.9 Å². The molecule has 2 aliphatic rings. The zero-order chi connectivity index (χ0) is 22.4. The quantitative estimate of drug-likeness (QED) is 0.595. The molecule has 6 heteroatoms. The molecule has 0 aromatic heterocycles. The lowest BCUT2D eigenvalue weighted by molar-refractivity contribution is 0.0174. The molecule has 2 fully saturated rings. The zero-order valence-corrected chi connectivity index (χ0v) is 19.9. The van der Waals surface area contributed by atoms with Crippen LogP contribution in [0.5, 0.6) is 0 Å². The molecule has 1 aliphatic carbocycles. The van der Waals surface area contributed by atoms with E-state index in [0.29, 0.717) is 22.4 Å². The first-order valence-electron chi connectivity index (χ1n) is 11.8. The average molecular weight is 449 g/mol. The van der Waals surface area contributed by atoms with Crippen LogP contribution < -0.4 is 5.32 Å². The topological polar surface area (TPSA) is 58.6 Å². The number of ether oxygens (including phenoxy) is 1. The van der Waals surface area contributed by atoms with E-state index in [4.69, 9.17) is 16.3 Å². The van der Waals surface area contributed by atoms with Gasteiger partial charge in [0, 0.05) is 29.7 Å². The number of nitrogens with zero attached hydrogens (tertiary/aromatic N) is 1. The molecular formula is C25H37ClN2O3. The number of amides is 2. The molecule has 5 nitrogen and oxygen atoms in total. The first kappa shape index (κ1) is 23.9. The summed E-state index contributed by atoms with van der Waals surface area (Å²) < 4.78 is 5.52. The van der Waals surface area contributed by atoms with Crippen molar-refractivity contribution >= 4 is 23.6 Å². The van der Waals surface area contributed by atoms with Gasteiger partial charge in [-0.05, 0) is 89.0 Å². The number of likely N-dealkylation sites (tertiary alicyclic amines) is 1. The minimum absolute atomic E-state index is 0.0153. The van der Waals surface area contributed by atoms with Gasteiger partial charge in [-0.15, -0.1) is 0 Å². The van der Waals surface area contributed by atoms with Gasteiger partial charge in [0.15, 0.2) is 0 Å². The van der Waals surface area contributed by atoms with Crippen LogP contribution in [0.2, 0.25) is 5.02 Å². The largest absolute Gasteiger partial charge is 0.444 e. The van der Waals surface area contributed by atoms with Crippen molar-refractivity contribution in [1.82, 2.24) is 10.2 Å². The fraction of sp³-hybridized carbons (Fsp3) is 0.680. The molecule has 31 heavy (non-hydrogen) atoms. The van der Waals surface area contributed by atoms with Crippen LogP contribution in [0.25, 0.3) is 0 Å². The van der Waals surface area contributed by atoms with E-state index in [2.05, 4.69) is 5.32 Å². The first-order valence-corrected chi connectivity index (χ1v) is 12.1. The maximum atomic E-state index is 12.9. The molecule has 1 aromatic rings. The van der Waals surface area contributed by atoms with Gasteiger partial charge < -0.3 is 15.0 Å². The number of halogens is 1. The second-order valence-electron chi connectivity index (χ2n) is 10.1. The zero-order valence-electron chi connectivity index (χ0n) is 19.2. The minimum Gasteiger partial charge on any atom is -0.444 e. The fourth-order valence-corrected chi connectivity index (χ4v) is 4.92. The summed E-state index contributed by atoms with van der Waals surface area (Å²) >= 11 is 5.97. The number of hydrogen-bond acceptors (Lipinski definition) is 3. The Hall–Kier alpha value is -1.75. The van der Waals surface area contributed by atoms with E-state index >= 15 is 0 Å². The van der Waals surface area contributed by atoms with Crippen LogP contribution in [-0.4, -0.2) is 41.6 Å². The molecule has 0 spiro atoms. The molecule has 1 saturated carbocycles. The molecular weight excluding hydrogens is 412 g/mol. The third kappa shape index (κ3) is 7.41. The third-order valence-corrected chi connectivity index (χ3v) is 6.75. The number of benzene rings is 1. The molecule has 1 heterocycles. The molecule has 172 valence electrons. The van der Waals surface area contributed by atoms with Crippen molar-refractivity contribution in [2.75, 3.05) is 13.1 Å². The lowest BCUT2D eigenvalue weighted by Crippen LogP contribution is -2.45. The number of hydrogen-bond donors (Lipinski definition) is 1. The van der Waals surface area contributed by atoms with Crippen LogP contribution in [0.3, 0.4) is 0 Å². The first-order chi connectivity index (χ1) is 14.7. The smallest absolute Gasteiger partial charge is 0.410 e. The molecule has 1 aliphatic heterocycles. The highest BCUT2D eigenvalue weighted by Gasteiger charge is 2.31. The average Bonchev–Trinajstić information content (AvgIpc) is 2.73. The highest BCUT2D eigenvalue weighted by molar-refractivity contribution is 6.30. The molecule has 0 bridgehead atoms. The molecule has 3 rings (SSSR count). The second-order valence-corrected chi connectivity index (χ2v) is 10.6. The minimum atomic E-state index is -0.466. The Morgan fingerprint density at radius 3 is 2.26 bits per heavy atom. The summed E-state index contributed by atoms with van der Waals surface area (Å²) in [7, 11) is 0. The number of carbonyl (C=O) groups excluding carboxylic acids is 2. The van der Waals surface area contributed by atoms with E-state index in [1.54, 1.807) is 24.3 Å². The highest BCUT2D eigenvalue weighted by atomic mass is 35.5. The van der Waals surface area contributed by atoms with Crippen LogP contribution in [0.15, 0.2) is 24.3 Å². The van der Waals surface area contributed by atoms with Crippen molar-refractivity contribution < 1.29 is 14.3 Å². The molecule has 1 aromatic carbocycles. The van der Waals surface area contributed by atoms with Crippen molar-refractivity contribution in [1.29, 1.82) is 0 Å². The fourth-order valence-electron chi connectivity index (χ4n) is 4.80. The highest BCUT2D eigenvalue weighted by Crippen LogP contribution is 2.32. The van der Waals surface area contributed by atoms with Gasteiger partial charge in [0.1, 0.15) is 5.60 Å². The van der Waals surface area contributed by atoms with E-state index in [9.17, 15) is 9.59 Å². The summed E-state index contributed by atoms with van der Waals surface area (Å²) in [4.78, 5) is 27.1. The number of carbonyl (C=O) groups is 2. The predicted octanol–water partition coefficient (Wildman–Crippen LogP) is 6.06. The maximum absolute atomic E-state index is 12.9. The van der Waals surface area contributed by atoms with Gasteiger partial charge >= 0.3 is 6.09 Å². The molecule has 1 atom stereocenters. The maximum Gasteiger partial charge on any atom is 0.410 e. The summed E-state index contributed by atoms with van der Waals surface area (Å²) in [5.41, 5.74) is 0.191. The van der Waals surface area contributed by atoms with E-state index < -0.39 is 5.60 Å². The summed E-state index contributed by atoms with van der Waals surface area (Å²) in [6.45, 7) is 7.14. The van der Waals surface area contributed by atoms with Crippen LogP contribution in [0.4, 0.5) is 4.79 Å². The Labute approximate surface area is 191 Å². The number of nitrogens with one attached hydrogen (secondary N) is 1. The molecule has 2 amide bonds. The van der Waals surface area contributed by atoms with Crippen molar-refractivity contribution in [2.45, 2.75) is 83.8 Å². The van der Waals surface area contributed by atoms with Gasteiger partial charge in [0.2, 0.25) is 0 Å². The van der Waals surface area contributed by atoms with Gasteiger partial charge in [0.25, 0.3) is 5.91 Å². The Morgan fingerprint density at radius 2 is 1.68 bits per heavy atom. The monoisotopic (exact) mass is 448 g/mol. The predicted molar refractivity (Wildman–Crippen MR) is 124 cm³/mol. The normalized spacial score (nSPS) is 19.7. The van der Waals surface area contributed by atoms with Crippen molar-refractivity contribution in [2.24, 2.45) is 11.8 Å². The summed E-state index contributed by atoms with van der Waals surface area (Å²) in [6, 6.07) is 7.28. The van der Waals surface area contributed by atoms with Crippen molar-refractivity contribution in [3.05, 3.63) is 34.9 Å². The lowest BCUT2D eigenvalue weighted by Gasteiger charge is -2.37. The Bertz CT molecular complexity index is 730.